The molecule has 3 aromatic carbocycles. The van der Waals surface area contributed by atoms with Gasteiger partial charge in [-0.05, 0) is 23.8 Å². The molecule has 0 spiro atoms. The average molecular weight is 436 g/mol. The van der Waals surface area contributed by atoms with Gasteiger partial charge >= 0.3 is 0 Å². The van der Waals surface area contributed by atoms with Gasteiger partial charge in [0.1, 0.15) is 0 Å². The summed E-state index contributed by atoms with van der Waals surface area (Å²) in [6.45, 7) is 0. The Morgan fingerprint density at radius 1 is 0.933 bits per heavy atom. The summed E-state index contributed by atoms with van der Waals surface area (Å²) >= 11 is 7.42. The van der Waals surface area contributed by atoms with Crippen LogP contribution in [0.15, 0.2) is 84.0 Å². The highest BCUT2D eigenvalue weighted by molar-refractivity contribution is 7.99. The van der Waals surface area contributed by atoms with Crippen LogP contribution in [0.4, 0.5) is 5.69 Å². The Morgan fingerprint density at radius 3 is 2.37 bits per heavy atom. The van der Waals surface area contributed by atoms with Gasteiger partial charge in [0, 0.05) is 16.8 Å². The van der Waals surface area contributed by atoms with Crippen molar-refractivity contribution in [1.29, 1.82) is 0 Å². The minimum Gasteiger partial charge on any atom is -0.335 e. The molecule has 0 fully saturated rings. The van der Waals surface area contributed by atoms with Gasteiger partial charge < -0.3 is 11.2 Å². The lowest BCUT2D eigenvalue weighted by atomic mass is 10.0. The minimum absolute atomic E-state index is 0.140. The molecule has 150 valence electrons. The number of nitrogens with one attached hydrogen (secondary N) is 1. The largest absolute Gasteiger partial charge is 0.335 e. The fourth-order valence-electron chi connectivity index (χ4n) is 2.98. The van der Waals surface area contributed by atoms with Crippen molar-refractivity contribution in [1.82, 2.24) is 14.9 Å². The van der Waals surface area contributed by atoms with Crippen LogP contribution in [-0.2, 0) is 4.79 Å². The summed E-state index contributed by atoms with van der Waals surface area (Å²) in [4.78, 5) is 12.6. The number of thioether (sulfide) groups is 1. The normalized spacial score (nSPS) is 10.7. The van der Waals surface area contributed by atoms with Crippen LogP contribution < -0.4 is 11.2 Å². The van der Waals surface area contributed by atoms with Crippen molar-refractivity contribution in [3.05, 3.63) is 83.9 Å². The van der Waals surface area contributed by atoms with E-state index in [1.54, 1.807) is 6.07 Å². The van der Waals surface area contributed by atoms with Crippen LogP contribution in [0.2, 0.25) is 5.02 Å². The van der Waals surface area contributed by atoms with Gasteiger partial charge in [-0.1, -0.05) is 84.0 Å². The molecule has 1 aromatic heterocycles. The highest BCUT2D eigenvalue weighted by atomic mass is 35.5. The molecule has 1 amide bonds. The summed E-state index contributed by atoms with van der Waals surface area (Å²) in [6, 6.07) is 24.9. The number of hydrogen-bond acceptors (Lipinski definition) is 5. The van der Waals surface area contributed by atoms with Crippen LogP contribution in [-0.4, -0.2) is 26.5 Å². The molecule has 0 aliphatic carbocycles. The van der Waals surface area contributed by atoms with Crippen LogP contribution >= 0.6 is 23.4 Å². The lowest BCUT2D eigenvalue weighted by Gasteiger charge is -2.11. The first-order valence-corrected chi connectivity index (χ1v) is 10.5. The second-order valence-corrected chi connectivity index (χ2v) is 7.75. The molecular formula is C22H18ClN5OS. The number of para-hydroxylation sites is 1. The third-order valence-electron chi connectivity index (χ3n) is 4.40. The van der Waals surface area contributed by atoms with E-state index in [2.05, 4.69) is 15.5 Å². The smallest absolute Gasteiger partial charge is 0.234 e. The Labute approximate surface area is 183 Å². The van der Waals surface area contributed by atoms with Gasteiger partial charge in [-0.3, -0.25) is 4.79 Å². The molecule has 0 unspecified atom stereocenters. The maximum Gasteiger partial charge on any atom is 0.234 e. The molecule has 4 rings (SSSR count). The molecule has 8 heteroatoms. The third-order valence-corrected chi connectivity index (χ3v) is 5.67. The second kappa shape index (κ2) is 9.02. The lowest BCUT2D eigenvalue weighted by Crippen LogP contribution is -2.17. The molecule has 3 N–H and O–H groups in total. The van der Waals surface area contributed by atoms with Gasteiger partial charge in [-0.15, -0.1) is 10.2 Å². The highest BCUT2D eigenvalue weighted by Crippen LogP contribution is 2.29. The average Bonchev–Trinajstić information content (AvgIpc) is 3.14. The van der Waals surface area contributed by atoms with Crippen molar-refractivity contribution in [2.75, 3.05) is 16.9 Å². The molecule has 0 saturated heterocycles. The van der Waals surface area contributed by atoms with Crippen LogP contribution in [0.1, 0.15) is 0 Å². The summed E-state index contributed by atoms with van der Waals surface area (Å²) in [5, 5.41) is 12.1. The first-order chi connectivity index (χ1) is 14.6. The number of carbonyl (C=O) groups excluding carboxylic acids is 1. The Balaban J connectivity index is 1.45. The van der Waals surface area contributed by atoms with Gasteiger partial charge in [-0.2, -0.15) is 0 Å². The summed E-state index contributed by atoms with van der Waals surface area (Å²) in [5.74, 6) is 6.54. The molecule has 30 heavy (non-hydrogen) atoms. The number of nitrogens with two attached hydrogens (primary N) is 1. The van der Waals surface area contributed by atoms with E-state index in [4.69, 9.17) is 17.4 Å². The van der Waals surface area contributed by atoms with E-state index < -0.39 is 0 Å². The molecule has 0 radical (unpaired) electrons. The molecular weight excluding hydrogens is 418 g/mol. The number of nitrogen functional groups attached to an aromatic ring is 1. The molecule has 0 atom stereocenters. The number of carbonyl (C=O) groups is 1. The van der Waals surface area contributed by atoms with E-state index in [1.807, 2.05) is 72.8 Å². The highest BCUT2D eigenvalue weighted by Gasteiger charge is 2.16. The number of anilines is 1. The first-order valence-electron chi connectivity index (χ1n) is 9.16. The van der Waals surface area contributed by atoms with E-state index in [1.165, 1.54) is 16.4 Å². The van der Waals surface area contributed by atoms with E-state index in [-0.39, 0.29) is 11.7 Å². The van der Waals surface area contributed by atoms with Crippen LogP contribution in [0.3, 0.4) is 0 Å². The molecule has 0 saturated carbocycles. The van der Waals surface area contributed by atoms with Crippen molar-refractivity contribution in [3.8, 4) is 22.5 Å². The van der Waals surface area contributed by atoms with Gasteiger partial charge in [0.2, 0.25) is 11.1 Å². The summed E-state index contributed by atoms with van der Waals surface area (Å²) in [6.07, 6.45) is 0. The maximum atomic E-state index is 12.6. The molecule has 6 nitrogen and oxygen atoms in total. The van der Waals surface area contributed by atoms with E-state index in [9.17, 15) is 4.79 Å². The van der Waals surface area contributed by atoms with Gasteiger partial charge in [-0.25, -0.2) is 4.68 Å². The van der Waals surface area contributed by atoms with Crippen LogP contribution in [0, 0.1) is 0 Å². The predicted octanol–water partition coefficient (Wildman–Crippen LogP) is 4.71. The zero-order chi connectivity index (χ0) is 20.9. The van der Waals surface area contributed by atoms with Crippen LogP contribution in [0.25, 0.3) is 22.5 Å². The Hall–Kier alpha value is -3.29. The zero-order valence-electron chi connectivity index (χ0n) is 15.8. The topological polar surface area (TPSA) is 85.8 Å². The minimum atomic E-state index is -0.161. The fraction of sp³-hybridized carbons (Fsp3) is 0.0455. The van der Waals surface area contributed by atoms with Gasteiger partial charge in [0.05, 0.1) is 10.8 Å². The van der Waals surface area contributed by atoms with E-state index >= 15 is 0 Å². The molecule has 1 heterocycles. The SMILES string of the molecule is Nn1c(SCC(=O)Nc2ccccc2-c2ccccc2)nnc1-c1ccccc1Cl. The van der Waals surface area contributed by atoms with Crippen LogP contribution in [0.5, 0.6) is 0 Å². The molecule has 0 aliphatic rings. The zero-order valence-corrected chi connectivity index (χ0v) is 17.4. The number of halogens is 1. The summed E-state index contributed by atoms with van der Waals surface area (Å²) < 4.78 is 1.34. The number of nitrogens with zero attached hydrogens (tertiary/aromatic N) is 3. The molecule has 4 aromatic rings. The van der Waals surface area contributed by atoms with Gasteiger partial charge in [0.25, 0.3) is 0 Å². The Bertz CT molecular complexity index is 1180. The first kappa shape index (κ1) is 20.0. The quantitative estimate of drug-likeness (QED) is 0.338. The van der Waals surface area contributed by atoms with Crippen molar-refractivity contribution in [2.24, 2.45) is 0 Å². The Morgan fingerprint density at radius 2 is 1.60 bits per heavy atom. The summed E-state index contributed by atoms with van der Waals surface area (Å²) in [5.41, 5.74) is 3.43. The number of hydrogen-bond donors (Lipinski definition) is 2. The summed E-state index contributed by atoms with van der Waals surface area (Å²) in [7, 11) is 0. The second-order valence-electron chi connectivity index (χ2n) is 6.40. The number of aromatic nitrogens is 3. The Kier molecular flexibility index (Phi) is 6.02. The van der Waals surface area contributed by atoms with Crippen molar-refractivity contribution >= 4 is 35.0 Å². The van der Waals surface area contributed by atoms with Crippen molar-refractivity contribution < 1.29 is 4.79 Å². The monoisotopic (exact) mass is 435 g/mol. The third kappa shape index (κ3) is 4.32. The maximum absolute atomic E-state index is 12.6. The number of amides is 1. The number of rotatable bonds is 6. The number of benzene rings is 3. The fourth-order valence-corrected chi connectivity index (χ4v) is 3.86. The molecule has 0 aliphatic heterocycles. The molecule has 0 bridgehead atoms. The van der Waals surface area contributed by atoms with Gasteiger partial charge in [0.15, 0.2) is 5.82 Å². The van der Waals surface area contributed by atoms with E-state index in [0.29, 0.717) is 21.6 Å². The van der Waals surface area contributed by atoms with Crippen molar-refractivity contribution in [3.63, 3.8) is 0 Å². The van der Waals surface area contributed by atoms with E-state index in [0.717, 1.165) is 16.8 Å². The van der Waals surface area contributed by atoms with Crippen molar-refractivity contribution in [2.45, 2.75) is 5.16 Å². The lowest BCUT2D eigenvalue weighted by molar-refractivity contribution is -0.113. The standard InChI is InChI=1S/C22H18ClN5OS/c23-18-12-6-4-11-17(18)21-26-27-22(28(21)24)30-14-20(29)25-19-13-7-5-10-16(19)15-8-2-1-3-9-15/h1-13H,14,24H2,(H,25,29). The predicted molar refractivity (Wildman–Crippen MR) is 122 cm³/mol.